The van der Waals surface area contributed by atoms with Crippen molar-refractivity contribution >= 4 is 15.9 Å². The molecule has 2 atom stereocenters. The van der Waals surface area contributed by atoms with Crippen LogP contribution in [-0.2, 0) is 12.6 Å². The molecule has 1 N–H and O–H groups in total. The SMILES string of the molecule is CC1CCCC(O)(c2c(Br)nnn2C)CC1. The monoisotopic (exact) mass is 287 g/mol. The topological polar surface area (TPSA) is 50.9 Å². The van der Waals surface area contributed by atoms with Gasteiger partial charge < -0.3 is 5.11 Å². The van der Waals surface area contributed by atoms with E-state index in [2.05, 4.69) is 33.2 Å². The molecule has 1 heterocycles. The molecule has 0 aliphatic heterocycles. The second kappa shape index (κ2) is 4.45. The second-order valence-corrected chi connectivity index (χ2v) is 5.67. The van der Waals surface area contributed by atoms with Crippen LogP contribution in [-0.4, -0.2) is 20.1 Å². The maximum atomic E-state index is 10.8. The predicted octanol–water partition coefficient (Wildman–Crippen LogP) is 2.37. The predicted molar refractivity (Wildman–Crippen MR) is 64.8 cm³/mol. The summed E-state index contributed by atoms with van der Waals surface area (Å²) in [5, 5.41) is 18.7. The molecule has 0 amide bonds. The lowest BCUT2D eigenvalue weighted by Gasteiger charge is -2.26. The van der Waals surface area contributed by atoms with Crippen LogP contribution in [0.1, 0.15) is 44.7 Å². The highest BCUT2D eigenvalue weighted by Crippen LogP contribution is 2.39. The Morgan fingerprint density at radius 1 is 1.44 bits per heavy atom. The van der Waals surface area contributed by atoms with Gasteiger partial charge in [0, 0.05) is 7.05 Å². The number of aryl methyl sites for hydroxylation is 1. The third-order valence-electron chi connectivity index (χ3n) is 3.56. The summed E-state index contributed by atoms with van der Waals surface area (Å²) in [6.45, 7) is 2.25. The van der Waals surface area contributed by atoms with Gasteiger partial charge in [-0.2, -0.15) is 0 Å². The molecule has 0 bridgehead atoms. The number of hydrogen-bond donors (Lipinski definition) is 1. The van der Waals surface area contributed by atoms with Crippen molar-refractivity contribution in [1.29, 1.82) is 0 Å². The Balaban J connectivity index is 2.30. The van der Waals surface area contributed by atoms with Crippen LogP contribution in [0.4, 0.5) is 0 Å². The van der Waals surface area contributed by atoms with Crippen molar-refractivity contribution < 1.29 is 5.11 Å². The highest BCUT2D eigenvalue weighted by molar-refractivity contribution is 9.10. The van der Waals surface area contributed by atoms with Crippen molar-refractivity contribution in [3.05, 3.63) is 10.3 Å². The molecule has 16 heavy (non-hydrogen) atoms. The molecule has 1 aromatic heterocycles. The number of rotatable bonds is 1. The van der Waals surface area contributed by atoms with E-state index in [9.17, 15) is 5.11 Å². The van der Waals surface area contributed by atoms with Gasteiger partial charge in [-0.05, 0) is 47.5 Å². The van der Waals surface area contributed by atoms with E-state index in [4.69, 9.17) is 0 Å². The molecule has 4 nitrogen and oxygen atoms in total. The molecule has 0 saturated heterocycles. The van der Waals surface area contributed by atoms with Crippen molar-refractivity contribution in [2.45, 2.75) is 44.6 Å². The normalized spacial score (nSPS) is 31.4. The minimum atomic E-state index is -0.762. The zero-order chi connectivity index (χ0) is 11.8. The van der Waals surface area contributed by atoms with Gasteiger partial charge in [0.25, 0.3) is 0 Å². The summed E-state index contributed by atoms with van der Waals surface area (Å²) in [5.41, 5.74) is 0.0589. The molecule has 1 aromatic rings. The van der Waals surface area contributed by atoms with Crippen LogP contribution in [0.3, 0.4) is 0 Å². The Bertz CT molecular complexity index is 360. The van der Waals surface area contributed by atoms with Crippen LogP contribution >= 0.6 is 15.9 Å². The van der Waals surface area contributed by atoms with Crippen LogP contribution in [0.2, 0.25) is 0 Å². The average Bonchev–Trinajstić information content (AvgIpc) is 2.46. The molecule has 2 rings (SSSR count). The molecule has 2 unspecified atom stereocenters. The molecule has 1 fully saturated rings. The Hall–Kier alpha value is -0.420. The molecule has 1 aliphatic carbocycles. The van der Waals surface area contributed by atoms with Crippen molar-refractivity contribution in [2.24, 2.45) is 13.0 Å². The van der Waals surface area contributed by atoms with Crippen molar-refractivity contribution in [2.75, 3.05) is 0 Å². The number of nitrogens with zero attached hydrogens (tertiary/aromatic N) is 3. The lowest BCUT2D eigenvalue weighted by Crippen LogP contribution is -2.28. The molecule has 0 aromatic carbocycles. The lowest BCUT2D eigenvalue weighted by atomic mass is 9.91. The first-order chi connectivity index (χ1) is 7.53. The number of aliphatic hydroxyl groups is 1. The highest BCUT2D eigenvalue weighted by Gasteiger charge is 2.36. The lowest BCUT2D eigenvalue weighted by molar-refractivity contribution is 0.0112. The summed E-state index contributed by atoms with van der Waals surface area (Å²) in [4.78, 5) is 0. The van der Waals surface area contributed by atoms with Crippen molar-refractivity contribution in [3.63, 3.8) is 0 Å². The van der Waals surface area contributed by atoms with Gasteiger partial charge in [0.1, 0.15) is 11.3 Å². The Kier molecular flexibility index (Phi) is 3.35. The quantitative estimate of drug-likeness (QED) is 0.807. The van der Waals surface area contributed by atoms with E-state index in [1.807, 2.05) is 7.05 Å². The molecule has 90 valence electrons. The number of halogens is 1. The fraction of sp³-hybridized carbons (Fsp3) is 0.818. The average molecular weight is 288 g/mol. The fourth-order valence-corrected chi connectivity index (χ4v) is 3.26. The summed E-state index contributed by atoms with van der Waals surface area (Å²) in [6.07, 6.45) is 4.93. The molecular weight excluding hydrogens is 270 g/mol. The van der Waals surface area contributed by atoms with E-state index in [1.54, 1.807) is 4.68 Å². The van der Waals surface area contributed by atoms with Gasteiger partial charge >= 0.3 is 0 Å². The molecule has 0 radical (unpaired) electrons. The maximum absolute atomic E-state index is 10.8. The first-order valence-corrected chi connectivity index (χ1v) is 6.60. The van der Waals surface area contributed by atoms with Crippen molar-refractivity contribution in [1.82, 2.24) is 15.0 Å². The van der Waals surface area contributed by atoms with E-state index in [0.29, 0.717) is 10.5 Å². The fourth-order valence-electron chi connectivity index (χ4n) is 2.56. The van der Waals surface area contributed by atoms with Gasteiger partial charge in [0.2, 0.25) is 0 Å². The molecular formula is C11H18BrN3O. The van der Waals surface area contributed by atoms with Crippen LogP contribution < -0.4 is 0 Å². The minimum absolute atomic E-state index is 0.673. The number of aromatic nitrogens is 3. The summed E-state index contributed by atoms with van der Waals surface area (Å²) in [6, 6.07) is 0. The second-order valence-electron chi connectivity index (χ2n) is 4.92. The highest BCUT2D eigenvalue weighted by atomic mass is 79.9. The summed E-state index contributed by atoms with van der Waals surface area (Å²) < 4.78 is 2.35. The summed E-state index contributed by atoms with van der Waals surface area (Å²) >= 11 is 3.37. The van der Waals surface area contributed by atoms with Gasteiger partial charge in [0.05, 0.1) is 0 Å². The van der Waals surface area contributed by atoms with Crippen LogP contribution in [0.15, 0.2) is 4.60 Å². The van der Waals surface area contributed by atoms with Gasteiger partial charge in [-0.25, -0.2) is 4.68 Å². The third kappa shape index (κ3) is 2.15. The first-order valence-electron chi connectivity index (χ1n) is 5.81. The van der Waals surface area contributed by atoms with E-state index < -0.39 is 5.60 Å². The van der Waals surface area contributed by atoms with Gasteiger partial charge in [-0.3, -0.25) is 0 Å². The summed E-state index contributed by atoms with van der Waals surface area (Å²) in [5.74, 6) is 0.703. The standard InChI is InChI=1S/C11H18BrN3O/c1-8-4-3-6-11(16,7-5-8)9-10(12)13-14-15(9)2/h8,16H,3-7H2,1-2H3. The smallest absolute Gasteiger partial charge is 0.154 e. The van der Waals surface area contributed by atoms with Crippen LogP contribution in [0.25, 0.3) is 0 Å². The number of hydrogen-bond acceptors (Lipinski definition) is 3. The Morgan fingerprint density at radius 3 is 2.81 bits per heavy atom. The van der Waals surface area contributed by atoms with Crippen LogP contribution in [0.5, 0.6) is 0 Å². The maximum Gasteiger partial charge on any atom is 0.154 e. The van der Waals surface area contributed by atoms with Crippen molar-refractivity contribution in [3.8, 4) is 0 Å². The third-order valence-corrected chi connectivity index (χ3v) is 4.10. The molecule has 0 spiro atoms. The Morgan fingerprint density at radius 2 is 2.19 bits per heavy atom. The minimum Gasteiger partial charge on any atom is -0.383 e. The van der Waals surface area contributed by atoms with Crippen LogP contribution in [0, 0.1) is 5.92 Å². The zero-order valence-corrected chi connectivity index (χ0v) is 11.4. The molecule has 1 aliphatic rings. The van der Waals surface area contributed by atoms with E-state index >= 15 is 0 Å². The van der Waals surface area contributed by atoms with E-state index in [1.165, 1.54) is 6.42 Å². The Labute approximate surface area is 104 Å². The van der Waals surface area contributed by atoms with Gasteiger partial charge in [0.15, 0.2) is 4.60 Å². The largest absolute Gasteiger partial charge is 0.383 e. The van der Waals surface area contributed by atoms with Gasteiger partial charge in [-0.1, -0.05) is 18.6 Å². The first kappa shape index (κ1) is 12.0. The van der Waals surface area contributed by atoms with Gasteiger partial charge in [-0.15, -0.1) is 5.10 Å². The summed E-state index contributed by atoms with van der Waals surface area (Å²) in [7, 11) is 1.83. The zero-order valence-electron chi connectivity index (χ0n) is 9.78. The molecule has 1 saturated carbocycles. The molecule has 5 heteroatoms. The van der Waals surface area contributed by atoms with E-state index in [0.717, 1.165) is 31.4 Å². The van der Waals surface area contributed by atoms with E-state index in [-0.39, 0.29) is 0 Å².